The summed E-state index contributed by atoms with van der Waals surface area (Å²) in [6, 6.07) is 25.0. The summed E-state index contributed by atoms with van der Waals surface area (Å²) in [5, 5.41) is 0. The lowest BCUT2D eigenvalue weighted by Gasteiger charge is -2.16. The first-order valence-corrected chi connectivity index (χ1v) is 12.0. The first-order valence-electron chi connectivity index (χ1n) is 9.91. The number of hydrogen-bond acceptors (Lipinski definition) is 3. The first kappa shape index (κ1) is 18.5. The van der Waals surface area contributed by atoms with Gasteiger partial charge in [0.05, 0.1) is 20.6 Å². The maximum Gasteiger partial charge on any atom is 0.0878 e. The molecule has 0 heterocycles. The van der Waals surface area contributed by atoms with Crippen molar-refractivity contribution in [2.45, 2.75) is 32.4 Å². The van der Waals surface area contributed by atoms with Crippen LogP contribution in [0.5, 0.6) is 0 Å². The molecule has 0 amide bonds. The van der Waals surface area contributed by atoms with E-state index in [9.17, 15) is 4.21 Å². The van der Waals surface area contributed by atoms with E-state index < -0.39 is 10.8 Å². The number of hydrogen-bond donors (Lipinski definition) is 2. The van der Waals surface area contributed by atoms with Crippen LogP contribution in [0, 0.1) is 0 Å². The summed E-state index contributed by atoms with van der Waals surface area (Å²) in [6.07, 6.45) is 1.58. The van der Waals surface area contributed by atoms with Gasteiger partial charge in [0, 0.05) is 9.79 Å². The minimum absolute atomic E-state index is 0.778. The van der Waals surface area contributed by atoms with E-state index in [4.69, 9.17) is 25.3 Å². The number of rotatable bonds is 2. The van der Waals surface area contributed by atoms with Gasteiger partial charge in [0.25, 0.3) is 0 Å². The average Bonchev–Trinajstić information content (AvgIpc) is 3.31. The molecule has 0 radical (unpaired) electrons. The van der Waals surface area contributed by atoms with E-state index in [1.165, 1.54) is 33.4 Å². The summed E-state index contributed by atoms with van der Waals surface area (Å²) in [5.74, 6) is 0. The van der Waals surface area contributed by atoms with Crippen molar-refractivity contribution in [3.63, 3.8) is 0 Å². The highest BCUT2D eigenvalue weighted by atomic mass is 32.2. The standard InChI is InChI=1S/C26H18OS3/c27-30(25-21-13-15-5-1-3-7-17(15)19(21)9-11-23(25)28)26-22-14-16-6-2-4-8-18(16)20(22)10-12-24(26)29/h1-12,28-29H,13-14H2. The highest BCUT2D eigenvalue weighted by Gasteiger charge is 2.30. The predicted octanol–water partition coefficient (Wildman–Crippen LogP) is 6.57. The molecule has 1 nitrogen and oxygen atoms in total. The van der Waals surface area contributed by atoms with Crippen molar-refractivity contribution in [2.24, 2.45) is 0 Å². The third-order valence-electron chi connectivity index (χ3n) is 6.20. The third kappa shape index (κ3) is 2.60. The van der Waals surface area contributed by atoms with E-state index in [-0.39, 0.29) is 0 Å². The Kier molecular flexibility index (Phi) is 4.24. The van der Waals surface area contributed by atoms with Gasteiger partial charge in [-0.25, -0.2) is 4.21 Å². The molecular weight excluding hydrogens is 424 g/mol. The monoisotopic (exact) mass is 442 g/mol. The average molecular weight is 443 g/mol. The zero-order valence-corrected chi connectivity index (χ0v) is 18.7. The first-order chi connectivity index (χ1) is 14.6. The predicted molar refractivity (Wildman–Crippen MR) is 129 cm³/mol. The largest absolute Gasteiger partial charge is 0.249 e. The van der Waals surface area contributed by atoms with Crippen LogP contribution in [0.2, 0.25) is 0 Å². The molecule has 2 aliphatic carbocycles. The number of fused-ring (bicyclic) bond motifs is 6. The van der Waals surface area contributed by atoms with Crippen molar-refractivity contribution in [3.8, 4) is 22.3 Å². The van der Waals surface area contributed by atoms with Gasteiger partial charge in [0.15, 0.2) is 0 Å². The zero-order chi connectivity index (χ0) is 20.4. The fraction of sp³-hybridized carbons (Fsp3) is 0.0769. The lowest BCUT2D eigenvalue weighted by Crippen LogP contribution is -2.04. The van der Waals surface area contributed by atoms with Gasteiger partial charge in [0.1, 0.15) is 0 Å². The van der Waals surface area contributed by atoms with Crippen molar-refractivity contribution in [3.05, 3.63) is 95.1 Å². The molecule has 0 aromatic heterocycles. The second-order valence-electron chi connectivity index (χ2n) is 7.82. The molecule has 0 N–H and O–H groups in total. The highest BCUT2D eigenvalue weighted by molar-refractivity contribution is 7.88. The molecular formula is C26H18OS3. The second kappa shape index (κ2) is 6.88. The van der Waals surface area contributed by atoms with Crippen molar-refractivity contribution in [2.75, 3.05) is 0 Å². The Balaban J connectivity index is 1.55. The lowest BCUT2D eigenvalue weighted by molar-refractivity contribution is 0.678. The molecule has 0 saturated heterocycles. The smallest absolute Gasteiger partial charge is 0.0878 e. The van der Waals surface area contributed by atoms with E-state index in [1.807, 2.05) is 12.1 Å². The number of thiol groups is 2. The van der Waals surface area contributed by atoms with Crippen molar-refractivity contribution in [1.82, 2.24) is 0 Å². The molecule has 0 saturated carbocycles. The molecule has 146 valence electrons. The van der Waals surface area contributed by atoms with Crippen molar-refractivity contribution < 1.29 is 4.21 Å². The molecule has 30 heavy (non-hydrogen) atoms. The minimum atomic E-state index is -1.36. The molecule has 4 heteroatoms. The van der Waals surface area contributed by atoms with Crippen LogP contribution < -0.4 is 0 Å². The molecule has 4 aromatic carbocycles. The van der Waals surface area contributed by atoms with Crippen LogP contribution in [0.25, 0.3) is 22.3 Å². The Morgan fingerprint density at radius 1 is 0.567 bits per heavy atom. The molecule has 4 aromatic rings. The molecule has 0 spiro atoms. The van der Waals surface area contributed by atoms with Crippen LogP contribution in [0.4, 0.5) is 0 Å². The Morgan fingerprint density at radius 2 is 1.00 bits per heavy atom. The summed E-state index contributed by atoms with van der Waals surface area (Å²) in [5.41, 5.74) is 9.62. The van der Waals surface area contributed by atoms with Gasteiger partial charge in [-0.3, -0.25) is 0 Å². The molecule has 6 rings (SSSR count). The maximum atomic E-state index is 14.1. The summed E-state index contributed by atoms with van der Waals surface area (Å²) in [6.45, 7) is 0. The summed E-state index contributed by atoms with van der Waals surface area (Å²) >= 11 is 9.47. The van der Waals surface area contributed by atoms with Crippen LogP contribution in [-0.4, -0.2) is 4.21 Å². The van der Waals surface area contributed by atoms with Gasteiger partial charge >= 0.3 is 0 Å². The normalized spacial score (nSPS) is 13.2. The Morgan fingerprint density at radius 3 is 1.47 bits per heavy atom. The fourth-order valence-corrected chi connectivity index (χ4v) is 7.31. The molecule has 0 aliphatic heterocycles. The van der Waals surface area contributed by atoms with Crippen LogP contribution in [0.1, 0.15) is 22.3 Å². The minimum Gasteiger partial charge on any atom is -0.249 e. The van der Waals surface area contributed by atoms with Crippen LogP contribution in [-0.2, 0) is 23.6 Å². The summed E-state index contributed by atoms with van der Waals surface area (Å²) in [4.78, 5) is 3.21. The Hall–Kier alpha value is -2.27. The Labute approximate surface area is 189 Å². The van der Waals surface area contributed by atoms with E-state index >= 15 is 0 Å². The SMILES string of the molecule is O=S(c1c(S)ccc2c1Cc1ccccc1-2)c1c(S)ccc2c1Cc1ccccc1-2. The molecule has 0 fully saturated rings. The van der Waals surface area contributed by atoms with Gasteiger partial charge in [-0.15, -0.1) is 25.3 Å². The van der Waals surface area contributed by atoms with Crippen LogP contribution in [0.3, 0.4) is 0 Å². The van der Waals surface area contributed by atoms with Gasteiger partial charge in [0.2, 0.25) is 0 Å². The highest BCUT2D eigenvalue weighted by Crippen LogP contribution is 2.46. The van der Waals surface area contributed by atoms with Gasteiger partial charge in [-0.1, -0.05) is 60.7 Å². The molecule has 2 aliphatic rings. The second-order valence-corrected chi connectivity index (χ2v) is 10.1. The number of benzene rings is 4. The fourth-order valence-electron chi connectivity index (χ4n) is 4.86. The van der Waals surface area contributed by atoms with E-state index in [0.717, 1.165) is 43.6 Å². The maximum absolute atomic E-state index is 14.1. The quantitative estimate of drug-likeness (QED) is 0.290. The van der Waals surface area contributed by atoms with Gasteiger partial charge in [-0.05, 0) is 69.5 Å². The summed E-state index contributed by atoms with van der Waals surface area (Å²) in [7, 11) is -1.36. The van der Waals surface area contributed by atoms with Crippen LogP contribution >= 0.6 is 25.3 Å². The summed E-state index contributed by atoms with van der Waals surface area (Å²) < 4.78 is 14.1. The molecule has 0 bridgehead atoms. The zero-order valence-electron chi connectivity index (χ0n) is 16.1. The van der Waals surface area contributed by atoms with Crippen molar-refractivity contribution >= 4 is 36.1 Å². The van der Waals surface area contributed by atoms with E-state index in [0.29, 0.717) is 0 Å². The van der Waals surface area contributed by atoms with E-state index in [1.54, 1.807) is 0 Å². The third-order valence-corrected chi connectivity index (χ3v) is 8.92. The van der Waals surface area contributed by atoms with E-state index in [2.05, 4.69) is 60.7 Å². The van der Waals surface area contributed by atoms with Gasteiger partial charge in [-0.2, -0.15) is 0 Å². The molecule has 0 atom stereocenters. The Bertz CT molecular complexity index is 1280. The topological polar surface area (TPSA) is 17.1 Å². The van der Waals surface area contributed by atoms with Crippen molar-refractivity contribution in [1.29, 1.82) is 0 Å². The van der Waals surface area contributed by atoms with Gasteiger partial charge < -0.3 is 0 Å². The van der Waals surface area contributed by atoms with Crippen LogP contribution in [0.15, 0.2) is 92.4 Å². The molecule has 0 unspecified atom stereocenters. The lowest BCUT2D eigenvalue weighted by atomic mass is 10.1.